The monoisotopic (exact) mass is 1350 g/mol. The Hall–Kier alpha value is -4.57. The number of rotatable bonds is 12. The lowest BCUT2D eigenvalue weighted by molar-refractivity contribution is 0.0533. The Balaban J connectivity index is 2.11. The molecule has 0 spiro atoms. The minimum Gasteiger partial charge on any atom is -0.274 e. The molecule has 6 rings (SSSR count). The Labute approximate surface area is 602 Å². The molecule has 0 aliphatic rings. The van der Waals surface area contributed by atoms with Gasteiger partial charge in [0.25, 0.3) is 0 Å². The number of phosphoric ester groups is 1. The van der Waals surface area contributed by atoms with E-state index in [4.69, 9.17) is 13.6 Å². The largest absolute Gasteiger partial charge is 0.477 e. The van der Waals surface area contributed by atoms with E-state index < -0.39 is 58.6 Å². The molecule has 0 fully saturated rings. The van der Waals surface area contributed by atoms with Gasteiger partial charge in [-0.25, -0.2) is 4.57 Å². The van der Waals surface area contributed by atoms with Crippen LogP contribution in [0.5, 0.6) is 0 Å². The molecule has 0 heterocycles. The van der Waals surface area contributed by atoms with E-state index in [1.807, 2.05) is 0 Å². The van der Waals surface area contributed by atoms with E-state index in [1.165, 1.54) is 33.4 Å². The predicted molar refractivity (Wildman–Crippen MR) is 428 cm³/mol. The molecule has 542 valence electrons. The summed E-state index contributed by atoms with van der Waals surface area (Å²) < 4.78 is 45.2. The van der Waals surface area contributed by atoms with Crippen LogP contribution >= 0.6 is 7.82 Å². The van der Waals surface area contributed by atoms with E-state index in [0.29, 0.717) is 0 Å². The van der Waals surface area contributed by atoms with Gasteiger partial charge >= 0.3 is 7.82 Å². The van der Waals surface area contributed by atoms with Crippen molar-refractivity contribution in [2.75, 3.05) is 0 Å². The van der Waals surface area contributed by atoms with Gasteiger partial charge in [-0.1, -0.05) is 322 Å². The first kappa shape index (κ1) is 82.4. The zero-order valence-corrected chi connectivity index (χ0v) is 71.6. The zero-order valence-electron chi connectivity index (χ0n) is 70.7. The van der Waals surface area contributed by atoms with Gasteiger partial charge in [0.1, 0.15) is 18.3 Å². The molecule has 0 unspecified atom stereocenters. The third-order valence-electron chi connectivity index (χ3n) is 20.6. The maximum atomic E-state index is 19.6. The molecular weight excluding hydrogens is 1210 g/mol. The van der Waals surface area contributed by atoms with Crippen molar-refractivity contribution in [1.82, 2.24) is 0 Å². The van der Waals surface area contributed by atoms with Gasteiger partial charge in [-0.15, -0.1) is 0 Å². The van der Waals surface area contributed by atoms with E-state index in [9.17, 15) is 0 Å². The fraction of sp³-hybridized carbons (Fsp3) is 0.613. The molecule has 0 amide bonds. The van der Waals surface area contributed by atoms with Crippen LogP contribution in [0.25, 0.3) is 0 Å². The lowest BCUT2D eigenvalue weighted by atomic mass is 9.72. The molecule has 6 aromatic rings. The summed E-state index contributed by atoms with van der Waals surface area (Å²) >= 11 is 0. The zero-order chi connectivity index (χ0) is 75.7. The van der Waals surface area contributed by atoms with Crippen LogP contribution in [0.15, 0.2) is 72.8 Å². The summed E-state index contributed by atoms with van der Waals surface area (Å²) in [6.45, 7) is 96.7. The number of phosphoric acid groups is 1. The topological polar surface area (TPSA) is 44.8 Å². The molecule has 0 N–H and O–H groups in total. The highest BCUT2D eigenvalue weighted by Gasteiger charge is 2.48. The summed E-state index contributed by atoms with van der Waals surface area (Å²) in [6.07, 6.45) is -2.95. The van der Waals surface area contributed by atoms with E-state index in [-0.39, 0.29) is 32.5 Å². The van der Waals surface area contributed by atoms with Gasteiger partial charge in [0, 0.05) is 0 Å². The molecule has 6 aromatic carbocycles. The Morgan fingerprint density at radius 3 is 0.408 bits per heavy atom. The van der Waals surface area contributed by atoms with Gasteiger partial charge in [0.2, 0.25) is 0 Å². The maximum Gasteiger partial charge on any atom is 0.477 e. The van der Waals surface area contributed by atoms with E-state index >= 15 is 4.57 Å². The number of hydrogen-bond donors (Lipinski definition) is 0. The van der Waals surface area contributed by atoms with Gasteiger partial charge in [-0.2, -0.15) is 0 Å². The van der Waals surface area contributed by atoms with Crippen LogP contribution in [-0.2, 0) is 83.1 Å². The molecule has 0 saturated carbocycles. The molecule has 4 nitrogen and oxygen atoms in total. The average molecular weight is 1350 g/mol. The highest BCUT2D eigenvalue weighted by atomic mass is 31.2. The summed E-state index contributed by atoms with van der Waals surface area (Å²) in [4.78, 5) is 0. The molecule has 0 radical (unpaired) electrons. The quantitative estimate of drug-likeness (QED) is 0.115. The van der Waals surface area contributed by atoms with Crippen molar-refractivity contribution in [3.63, 3.8) is 0 Å². The first-order valence-electron chi connectivity index (χ1n) is 37.1. The Bertz CT molecular complexity index is 3320. The summed E-state index contributed by atoms with van der Waals surface area (Å²) in [6, 6.07) is 28.7. The standard InChI is InChI=1S/C93H141O4P/c1-55-43-61(82(7,8)9)49-67(88(25,26)27)73(55)79(74-56(2)44-62(83(10,11)12)50-68(74)89(28,29)30)95-98(94,96-80(75-57(3)45-63(84(13,14)15)51-69(75)90(31,32)33)76-58(4)46-64(85(16,17)18)52-70(76)91(34,35)36)97-81(77-59(5)47-65(86(19,20)21)53-71(77)92(37,38)39)78-60(6)48-66(87(22,23)24)54-72(78)93(40,41)42/h43-54,79-81H,1-42H3. The summed E-state index contributed by atoms with van der Waals surface area (Å²) in [5, 5.41) is 0. The molecule has 0 atom stereocenters. The highest BCUT2D eigenvalue weighted by Crippen LogP contribution is 2.66. The van der Waals surface area contributed by atoms with Crippen molar-refractivity contribution in [1.29, 1.82) is 0 Å². The van der Waals surface area contributed by atoms with Crippen LogP contribution in [0, 0.1) is 41.5 Å². The van der Waals surface area contributed by atoms with E-state index in [2.05, 4.69) is 364 Å². The van der Waals surface area contributed by atoms with Crippen LogP contribution < -0.4 is 0 Å². The molecule has 0 aliphatic carbocycles. The lowest BCUT2D eigenvalue weighted by Crippen LogP contribution is -2.28. The minimum atomic E-state index is -5.20. The van der Waals surface area contributed by atoms with Crippen LogP contribution in [0.2, 0.25) is 0 Å². The molecule has 0 aliphatic heterocycles. The normalized spacial score (nSPS) is 14.3. The van der Waals surface area contributed by atoms with Gasteiger partial charge in [0.05, 0.1) is 0 Å². The van der Waals surface area contributed by atoms with Gasteiger partial charge < -0.3 is 0 Å². The van der Waals surface area contributed by atoms with Crippen molar-refractivity contribution in [2.45, 2.75) is 374 Å². The fourth-order valence-corrected chi connectivity index (χ4v) is 16.0. The minimum absolute atomic E-state index is 0.185. The Morgan fingerprint density at radius 1 is 0.204 bits per heavy atom. The third kappa shape index (κ3) is 18.2. The van der Waals surface area contributed by atoms with Gasteiger partial charge in [0.15, 0.2) is 0 Å². The second kappa shape index (κ2) is 26.9. The number of aryl methyl sites for hydroxylation is 6. The first-order valence-corrected chi connectivity index (χ1v) is 38.6. The molecular formula is C93H141O4P. The second-order valence-electron chi connectivity index (χ2n) is 42.4. The summed E-state index contributed by atoms with van der Waals surface area (Å²) in [5.74, 6) is 0. The third-order valence-corrected chi connectivity index (χ3v) is 22.0. The maximum absolute atomic E-state index is 19.6. The second-order valence-corrected chi connectivity index (χ2v) is 44.0. The van der Waals surface area contributed by atoms with Crippen molar-refractivity contribution < 1.29 is 18.1 Å². The molecule has 0 bridgehead atoms. The molecule has 5 heteroatoms. The van der Waals surface area contributed by atoms with Crippen LogP contribution in [0.4, 0.5) is 0 Å². The first-order chi connectivity index (χ1) is 43.5. The smallest absolute Gasteiger partial charge is 0.274 e. The average Bonchev–Trinajstić information content (AvgIpc) is 0.782. The predicted octanol–water partition coefficient (Wildman–Crippen LogP) is 27.9. The summed E-state index contributed by atoms with van der Waals surface area (Å²) in [7, 11) is -5.20. The summed E-state index contributed by atoms with van der Waals surface area (Å²) in [5.41, 5.74) is 22.8. The fourth-order valence-electron chi connectivity index (χ4n) is 14.4. The Kier molecular flexibility index (Phi) is 22.6. The molecule has 98 heavy (non-hydrogen) atoms. The van der Waals surface area contributed by atoms with Gasteiger partial charge in [-0.05, 0) is 240 Å². The Morgan fingerprint density at radius 2 is 0.316 bits per heavy atom. The van der Waals surface area contributed by atoms with Crippen LogP contribution in [0.3, 0.4) is 0 Å². The van der Waals surface area contributed by atoms with Crippen molar-refractivity contribution in [3.05, 3.63) is 206 Å². The van der Waals surface area contributed by atoms with Crippen LogP contribution in [-0.4, -0.2) is 0 Å². The molecule has 0 saturated heterocycles. The van der Waals surface area contributed by atoms with E-state index in [0.717, 1.165) is 100 Å². The number of benzene rings is 6. The van der Waals surface area contributed by atoms with Crippen molar-refractivity contribution >= 4 is 7.82 Å². The van der Waals surface area contributed by atoms with Crippen LogP contribution in [0.1, 0.15) is 401 Å². The van der Waals surface area contributed by atoms with Gasteiger partial charge in [-0.3, -0.25) is 13.6 Å². The number of hydrogen-bond acceptors (Lipinski definition) is 4. The lowest BCUT2D eigenvalue weighted by Gasteiger charge is -2.41. The molecule has 0 aromatic heterocycles. The van der Waals surface area contributed by atoms with E-state index in [1.54, 1.807) is 0 Å². The van der Waals surface area contributed by atoms with Crippen molar-refractivity contribution in [3.8, 4) is 0 Å². The SMILES string of the molecule is Cc1cc(C(C)(C)C)cc(C(C)(C)C)c1C(OP(=O)(OC(c1c(C)cc(C(C)(C)C)cc1C(C)(C)C)c1c(C)cc(C(C)(C)C)cc1C(C)(C)C)OC(c1c(C)cc(C(C)(C)C)cc1C(C)(C)C)c1c(C)cc(C(C)(C)C)cc1C(C)(C)C)c1c(C)cc(C(C)(C)C)cc1C(C)(C)C. The van der Waals surface area contributed by atoms with Crippen molar-refractivity contribution in [2.24, 2.45) is 0 Å². The highest BCUT2D eigenvalue weighted by molar-refractivity contribution is 7.48.